The van der Waals surface area contributed by atoms with Gasteiger partial charge in [-0.1, -0.05) is 37.6 Å². The Bertz CT molecular complexity index is 666. The van der Waals surface area contributed by atoms with E-state index in [0.29, 0.717) is 5.25 Å². The van der Waals surface area contributed by atoms with Gasteiger partial charge in [-0.15, -0.1) is 17.5 Å². The second-order valence-electron chi connectivity index (χ2n) is 5.06. The van der Waals surface area contributed by atoms with Crippen molar-refractivity contribution in [2.75, 3.05) is 7.11 Å². The van der Waals surface area contributed by atoms with Gasteiger partial charge in [0.15, 0.2) is 0 Å². The summed E-state index contributed by atoms with van der Waals surface area (Å²) in [5, 5.41) is 1.23. The van der Waals surface area contributed by atoms with E-state index >= 15 is 0 Å². The van der Waals surface area contributed by atoms with Crippen LogP contribution in [0.5, 0.6) is 5.75 Å². The minimum absolute atomic E-state index is 0.489. The highest BCUT2D eigenvalue weighted by molar-refractivity contribution is 8.08. The molecule has 0 bridgehead atoms. The molecule has 0 N–H and O–H groups in total. The number of methoxy groups -OCH3 is 1. The molecule has 0 aliphatic heterocycles. The van der Waals surface area contributed by atoms with E-state index in [2.05, 4.69) is 31.7 Å². The lowest BCUT2D eigenvalue weighted by Crippen LogP contribution is -1.89. The van der Waals surface area contributed by atoms with E-state index in [1.807, 2.05) is 42.5 Å². The fraction of sp³-hybridized carbons (Fsp3) is 0.211. The summed E-state index contributed by atoms with van der Waals surface area (Å²) < 4.78 is 5.21. The van der Waals surface area contributed by atoms with Gasteiger partial charge in [0.25, 0.3) is 0 Å². The van der Waals surface area contributed by atoms with Gasteiger partial charge in [-0.25, -0.2) is 0 Å². The third-order valence-corrected chi connectivity index (χ3v) is 4.26. The average molecular weight is 331 g/mol. The highest BCUT2D eigenvalue weighted by Crippen LogP contribution is 2.31. The molecule has 1 nitrogen and oxygen atoms in total. The molecule has 3 heteroatoms. The van der Waals surface area contributed by atoms with Crippen LogP contribution in [-0.2, 0) is 0 Å². The number of hydrogen-bond acceptors (Lipinski definition) is 2. The maximum Gasteiger partial charge on any atom is 0.118 e. The molecule has 2 rings (SSSR count). The number of rotatable bonds is 5. The summed E-state index contributed by atoms with van der Waals surface area (Å²) in [5.74, 6) is 0.860. The standard InChI is InChI=1S/C19H19ClOS/c1-14(2)22-19(16-7-11-18(21-3)12-8-16)13-6-15-4-9-17(20)10-5-15/h4-12,14H,1-3H3. The fourth-order valence-electron chi connectivity index (χ4n) is 1.87. The molecule has 0 heterocycles. The van der Waals surface area contributed by atoms with E-state index in [0.717, 1.165) is 26.8 Å². The normalized spacial score (nSPS) is 10.2. The molecule has 0 saturated heterocycles. The van der Waals surface area contributed by atoms with Crippen LogP contribution >= 0.6 is 23.4 Å². The topological polar surface area (TPSA) is 9.23 Å². The Labute approximate surface area is 141 Å². The number of thioether (sulfide) groups is 1. The molecule has 22 heavy (non-hydrogen) atoms. The molecule has 0 fully saturated rings. The predicted molar refractivity (Wildman–Crippen MR) is 98.6 cm³/mol. The minimum atomic E-state index is 0.489. The van der Waals surface area contributed by atoms with Gasteiger partial charge in [0.2, 0.25) is 0 Å². The lowest BCUT2D eigenvalue weighted by molar-refractivity contribution is 0.415. The van der Waals surface area contributed by atoms with Crippen LogP contribution in [0.3, 0.4) is 0 Å². The van der Waals surface area contributed by atoms with Crippen LogP contribution in [0.2, 0.25) is 5.02 Å². The smallest absolute Gasteiger partial charge is 0.118 e. The summed E-state index contributed by atoms with van der Waals surface area (Å²) in [6.45, 7) is 4.36. The second kappa shape index (κ2) is 8.14. The summed E-state index contributed by atoms with van der Waals surface area (Å²) >= 11 is 7.71. The van der Waals surface area contributed by atoms with E-state index in [-0.39, 0.29) is 0 Å². The third kappa shape index (κ3) is 4.99. The fourth-order valence-corrected chi connectivity index (χ4v) is 2.87. The number of benzene rings is 2. The Morgan fingerprint density at radius 1 is 1.09 bits per heavy atom. The van der Waals surface area contributed by atoms with Crippen LogP contribution in [0.15, 0.2) is 54.3 Å². The molecule has 0 radical (unpaired) electrons. The molecule has 0 aromatic heterocycles. The lowest BCUT2D eigenvalue weighted by Gasteiger charge is -2.08. The first kappa shape index (κ1) is 16.8. The van der Waals surface area contributed by atoms with Crippen LogP contribution in [-0.4, -0.2) is 12.4 Å². The largest absolute Gasteiger partial charge is 0.497 e. The van der Waals surface area contributed by atoms with Crippen molar-refractivity contribution in [2.45, 2.75) is 19.1 Å². The third-order valence-electron chi connectivity index (χ3n) is 2.95. The molecule has 0 atom stereocenters. The summed E-state index contributed by atoms with van der Waals surface area (Å²) in [6.07, 6.45) is 1.99. The zero-order valence-electron chi connectivity index (χ0n) is 13.0. The van der Waals surface area contributed by atoms with Crippen molar-refractivity contribution in [1.29, 1.82) is 0 Å². The summed E-state index contributed by atoms with van der Waals surface area (Å²) in [4.78, 5) is 1.12. The van der Waals surface area contributed by atoms with Crippen LogP contribution in [0.1, 0.15) is 25.0 Å². The number of ether oxygens (including phenoxy) is 1. The van der Waals surface area contributed by atoms with Crippen molar-refractivity contribution in [3.8, 4) is 5.75 Å². The van der Waals surface area contributed by atoms with E-state index in [9.17, 15) is 0 Å². The lowest BCUT2D eigenvalue weighted by atomic mass is 10.2. The van der Waals surface area contributed by atoms with Gasteiger partial charge in [0.05, 0.1) is 12.0 Å². The van der Waals surface area contributed by atoms with Crippen molar-refractivity contribution >= 4 is 34.3 Å². The molecule has 2 aromatic rings. The van der Waals surface area contributed by atoms with E-state index in [1.165, 1.54) is 0 Å². The summed E-state index contributed by atoms with van der Waals surface area (Å²) in [6, 6.07) is 15.8. The van der Waals surface area contributed by atoms with Gasteiger partial charge in [0.1, 0.15) is 5.75 Å². The van der Waals surface area contributed by atoms with E-state index < -0.39 is 0 Å². The average Bonchev–Trinajstić information content (AvgIpc) is 2.53. The Balaban J connectivity index is 2.35. The maximum atomic E-state index is 5.91. The highest BCUT2D eigenvalue weighted by atomic mass is 35.5. The van der Waals surface area contributed by atoms with Crippen molar-refractivity contribution in [2.24, 2.45) is 0 Å². The van der Waals surface area contributed by atoms with Crippen molar-refractivity contribution in [3.63, 3.8) is 0 Å². The second-order valence-corrected chi connectivity index (χ2v) is 7.09. The molecule has 114 valence electrons. The molecule has 0 aliphatic rings. The summed E-state index contributed by atoms with van der Waals surface area (Å²) in [7, 11) is 1.68. The molecule has 0 aliphatic carbocycles. The number of halogens is 1. The van der Waals surface area contributed by atoms with Gasteiger partial charge in [-0.05, 0) is 53.6 Å². The first-order valence-electron chi connectivity index (χ1n) is 7.12. The maximum absolute atomic E-state index is 5.91. The molecule has 0 unspecified atom stereocenters. The monoisotopic (exact) mass is 330 g/mol. The van der Waals surface area contributed by atoms with Crippen molar-refractivity contribution in [1.82, 2.24) is 0 Å². The van der Waals surface area contributed by atoms with Crippen LogP contribution < -0.4 is 4.74 Å². The SMILES string of the molecule is COc1ccc(C(=C=Cc2ccc(Cl)cc2)SC(C)C)cc1. The van der Waals surface area contributed by atoms with Crippen molar-refractivity contribution in [3.05, 3.63) is 70.4 Å². The Hall–Kier alpha value is -1.60. The van der Waals surface area contributed by atoms with E-state index in [4.69, 9.17) is 16.3 Å². The molecule has 2 aromatic carbocycles. The zero-order valence-corrected chi connectivity index (χ0v) is 14.5. The first-order chi connectivity index (χ1) is 10.6. The summed E-state index contributed by atoms with van der Waals surface area (Å²) in [5.41, 5.74) is 5.64. The predicted octanol–water partition coefficient (Wildman–Crippen LogP) is 6.14. The van der Waals surface area contributed by atoms with Gasteiger partial charge < -0.3 is 4.74 Å². The molecule has 0 saturated carbocycles. The molecular formula is C19H19ClOS. The van der Waals surface area contributed by atoms with Gasteiger partial charge in [-0.3, -0.25) is 0 Å². The van der Waals surface area contributed by atoms with Gasteiger partial charge in [-0.2, -0.15) is 0 Å². The first-order valence-corrected chi connectivity index (χ1v) is 8.37. The molecule has 0 amide bonds. The van der Waals surface area contributed by atoms with Crippen LogP contribution in [0, 0.1) is 0 Å². The quantitative estimate of drug-likeness (QED) is 0.608. The van der Waals surface area contributed by atoms with Crippen LogP contribution in [0.4, 0.5) is 0 Å². The Kier molecular flexibility index (Phi) is 6.21. The number of hydrogen-bond donors (Lipinski definition) is 0. The Morgan fingerprint density at radius 3 is 2.27 bits per heavy atom. The highest BCUT2D eigenvalue weighted by Gasteiger charge is 2.05. The molecular weight excluding hydrogens is 312 g/mol. The van der Waals surface area contributed by atoms with Crippen molar-refractivity contribution < 1.29 is 4.74 Å². The van der Waals surface area contributed by atoms with Gasteiger partial charge in [0, 0.05) is 10.3 Å². The van der Waals surface area contributed by atoms with Crippen LogP contribution in [0.25, 0.3) is 11.0 Å². The molecule has 0 spiro atoms. The zero-order chi connectivity index (χ0) is 15.9. The Morgan fingerprint density at radius 2 is 1.73 bits per heavy atom. The van der Waals surface area contributed by atoms with E-state index in [1.54, 1.807) is 18.9 Å². The van der Waals surface area contributed by atoms with Gasteiger partial charge >= 0.3 is 0 Å². The minimum Gasteiger partial charge on any atom is -0.497 e.